The fourth-order valence-corrected chi connectivity index (χ4v) is 2.17. The van der Waals surface area contributed by atoms with Crippen LogP contribution in [0.4, 0.5) is 5.69 Å². The van der Waals surface area contributed by atoms with Crippen LogP contribution in [0.1, 0.15) is 18.4 Å². The summed E-state index contributed by atoms with van der Waals surface area (Å²) in [6.45, 7) is 3.35. The van der Waals surface area contributed by atoms with Gasteiger partial charge in [-0.15, -0.1) is 0 Å². The van der Waals surface area contributed by atoms with Gasteiger partial charge in [0.2, 0.25) is 0 Å². The Bertz CT molecular complexity index is 569. The summed E-state index contributed by atoms with van der Waals surface area (Å²) in [6, 6.07) is 9.35. The van der Waals surface area contributed by atoms with Crippen molar-refractivity contribution < 1.29 is 9.53 Å². The summed E-state index contributed by atoms with van der Waals surface area (Å²) < 4.78 is 5.46. The highest BCUT2D eigenvalue weighted by atomic mass is 16.5. The lowest BCUT2D eigenvalue weighted by Crippen LogP contribution is -2.24. The fourth-order valence-electron chi connectivity index (χ4n) is 2.17. The van der Waals surface area contributed by atoms with Crippen LogP contribution in [0.2, 0.25) is 0 Å². The number of nitriles is 1. The summed E-state index contributed by atoms with van der Waals surface area (Å²) in [5.74, 6) is -0.414. The molecular weight excluding hydrogens is 266 g/mol. The van der Waals surface area contributed by atoms with Crippen molar-refractivity contribution in [3.63, 3.8) is 0 Å². The maximum Gasteiger partial charge on any atom is 0.267 e. The molecule has 0 spiro atoms. The quantitative estimate of drug-likeness (QED) is 0.642. The number of carbonyl (C=O) groups is 1. The predicted molar refractivity (Wildman–Crippen MR) is 80.5 cm³/mol. The van der Waals surface area contributed by atoms with E-state index in [1.54, 1.807) is 6.07 Å². The highest BCUT2D eigenvalue weighted by molar-refractivity contribution is 6.06. The number of rotatable bonds is 5. The van der Waals surface area contributed by atoms with E-state index in [9.17, 15) is 4.79 Å². The molecule has 5 nitrogen and oxygen atoms in total. The van der Waals surface area contributed by atoms with Crippen LogP contribution in [0.5, 0.6) is 0 Å². The molecule has 1 heterocycles. The van der Waals surface area contributed by atoms with Gasteiger partial charge in [-0.25, -0.2) is 0 Å². The van der Waals surface area contributed by atoms with Gasteiger partial charge in [-0.05, 0) is 37.5 Å². The van der Waals surface area contributed by atoms with Crippen LogP contribution >= 0.6 is 0 Å². The predicted octanol–water partition coefficient (Wildman–Crippen LogP) is 2.11. The maximum atomic E-state index is 12.0. The summed E-state index contributed by atoms with van der Waals surface area (Å²) in [5, 5.41) is 14.8. The SMILES string of the molecule is Cc1cccc(NC(=O)/C(C#N)=C\NCC2CCCO2)c1. The van der Waals surface area contributed by atoms with Gasteiger partial charge in [-0.3, -0.25) is 4.79 Å². The smallest absolute Gasteiger partial charge is 0.267 e. The summed E-state index contributed by atoms with van der Waals surface area (Å²) in [6.07, 6.45) is 3.70. The van der Waals surface area contributed by atoms with Crippen molar-refractivity contribution in [1.82, 2.24) is 5.32 Å². The first-order chi connectivity index (χ1) is 10.2. The second-order valence-corrected chi connectivity index (χ2v) is 5.04. The van der Waals surface area contributed by atoms with Crippen LogP contribution in [0.25, 0.3) is 0 Å². The highest BCUT2D eigenvalue weighted by Crippen LogP contribution is 2.12. The normalized spacial score (nSPS) is 18.1. The number of nitrogens with zero attached hydrogens (tertiary/aromatic N) is 1. The van der Waals surface area contributed by atoms with E-state index in [1.807, 2.05) is 31.2 Å². The van der Waals surface area contributed by atoms with Gasteiger partial charge in [-0.2, -0.15) is 5.26 Å². The van der Waals surface area contributed by atoms with Crippen LogP contribution in [-0.2, 0) is 9.53 Å². The van der Waals surface area contributed by atoms with Gasteiger partial charge in [0.1, 0.15) is 11.6 Å². The first-order valence-corrected chi connectivity index (χ1v) is 7.02. The minimum absolute atomic E-state index is 0.0505. The van der Waals surface area contributed by atoms with Crippen molar-refractivity contribution in [2.45, 2.75) is 25.9 Å². The molecular formula is C16H19N3O2. The molecule has 5 heteroatoms. The molecule has 1 fully saturated rings. The van der Waals surface area contributed by atoms with Crippen LogP contribution in [0, 0.1) is 18.3 Å². The molecule has 2 N–H and O–H groups in total. The van der Waals surface area contributed by atoms with E-state index >= 15 is 0 Å². The number of anilines is 1. The van der Waals surface area contributed by atoms with Crippen molar-refractivity contribution >= 4 is 11.6 Å². The summed E-state index contributed by atoms with van der Waals surface area (Å²) >= 11 is 0. The Balaban J connectivity index is 1.90. The molecule has 1 saturated heterocycles. The molecule has 1 unspecified atom stereocenters. The number of benzene rings is 1. The minimum Gasteiger partial charge on any atom is -0.387 e. The number of hydrogen-bond acceptors (Lipinski definition) is 4. The van der Waals surface area contributed by atoms with Gasteiger partial charge >= 0.3 is 0 Å². The number of ether oxygens (including phenoxy) is 1. The van der Waals surface area contributed by atoms with Gasteiger partial charge < -0.3 is 15.4 Å². The standard InChI is InChI=1S/C16H19N3O2/c1-12-4-2-5-14(8-12)19-16(20)13(9-17)10-18-11-15-6-3-7-21-15/h2,4-5,8,10,15,18H,3,6-7,11H2,1H3,(H,19,20)/b13-10-. The number of nitrogens with one attached hydrogen (secondary N) is 2. The molecule has 0 aromatic heterocycles. The molecule has 1 atom stereocenters. The van der Waals surface area contributed by atoms with Crippen molar-refractivity contribution in [2.24, 2.45) is 0 Å². The van der Waals surface area contributed by atoms with E-state index in [-0.39, 0.29) is 11.7 Å². The molecule has 1 amide bonds. The van der Waals surface area contributed by atoms with Gasteiger partial charge in [0.05, 0.1) is 6.10 Å². The highest BCUT2D eigenvalue weighted by Gasteiger charge is 2.15. The number of aryl methyl sites for hydroxylation is 1. The summed E-state index contributed by atoms with van der Waals surface area (Å²) in [7, 11) is 0. The van der Waals surface area contributed by atoms with Gasteiger partial charge in [-0.1, -0.05) is 12.1 Å². The Morgan fingerprint density at radius 1 is 1.57 bits per heavy atom. The Labute approximate surface area is 124 Å². The lowest BCUT2D eigenvalue weighted by molar-refractivity contribution is -0.112. The fraction of sp³-hybridized carbons (Fsp3) is 0.375. The Hall–Kier alpha value is -2.32. The van der Waals surface area contributed by atoms with Crippen molar-refractivity contribution in [3.8, 4) is 6.07 Å². The number of carbonyl (C=O) groups excluding carboxylic acids is 1. The van der Waals surface area contributed by atoms with E-state index in [0.717, 1.165) is 25.0 Å². The van der Waals surface area contributed by atoms with Gasteiger partial charge in [0.15, 0.2) is 0 Å². The van der Waals surface area contributed by atoms with Crippen LogP contribution < -0.4 is 10.6 Å². The van der Waals surface area contributed by atoms with Gasteiger partial charge in [0, 0.05) is 25.0 Å². The molecule has 1 aromatic carbocycles. The molecule has 1 aromatic rings. The third-order valence-electron chi connectivity index (χ3n) is 3.26. The van der Waals surface area contributed by atoms with Crippen LogP contribution in [0.3, 0.4) is 0 Å². The average molecular weight is 285 g/mol. The Morgan fingerprint density at radius 3 is 3.10 bits per heavy atom. The van der Waals surface area contributed by atoms with E-state index in [1.165, 1.54) is 6.20 Å². The van der Waals surface area contributed by atoms with Crippen LogP contribution in [0.15, 0.2) is 36.0 Å². The third-order valence-corrected chi connectivity index (χ3v) is 3.26. The zero-order valence-corrected chi connectivity index (χ0v) is 12.1. The maximum absolute atomic E-state index is 12.0. The second kappa shape index (κ2) is 7.46. The molecule has 2 rings (SSSR count). The van der Waals surface area contributed by atoms with Crippen molar-refractivity contribution in [3.05, 3.63) is 41.6 Å². The molecule has 1 aliphatic rings. The van der Waals surface area contributed by atoms with Crippen LogP contribution in [-0.4, -0.2) is 25.2 Å². The molecule has 0 radical (unpaired) electrons. The minimum atomic E-state index is -0.414. The van der Waals surface area contributed by atoms with E-state index in [2.05, 4.69) is 10.6 Å². The summed E-state index contributed by atoms with van der Waals surface area (Å²) in [5.41, 5.74) is 1.78. The summed E-state index contributed by atoms with van der Waals surface area (Å²) in [4.78, 5) is 12.0. The number of hydrogen-bond donors (Lipinski definition) is 2. The Morgan fingerprint density at radius 2 is 2.43 bits per heavy atom. The largest absolute Gasteiger partial charge is 0.387 e. The topological polar surface area (TPSA) is 74.2 Å². The molecule has 0 aliphatic carbocycles. The monoisotopic (exact) mass is 285 g/mol. The first kappa shape index (κ1) is 15.1. The molecule has 0 bridgehead atoms. The van der Waals surface area contributed by atoms with E-state index < -0.39 is 5.91 Å². The Kier molecular flexibility index (Phi) is 5.35. The van der Waals surface area contributed by atoms with Crippen molar-refractivity contribution in [2.75, 3.05) is 18.5 Å². The molecule has 0 saturated carbocycles. The first-order valence-electron chi connectivity index (χ1n) is 7.02. The van der Waals surface area contributed by atoms with Crippen molar-refractivity contribution in [1.29, 1.82) is 5.26 Å². The van der Waals surface area contributed by atoms with Gasteiger partial charge in [0.25, 0.3) is 5.91 Å². The lowest BCUT2D eigenvalue weighted by atomic mass is 10.2. The zero-order chi connectivity index (χ0) is 15.1. The van der Waals surface area contributed by atoms with E-state index in [0.29, 0.717) is 12.2 Å². The number of amides is 1. The zero-order valence-electron chi connectivity index (χ0n) is 12.1. The third kappa shape index (κ3) is 4.62. The second-order valence-electron chi connectivity index (χ2n) is 5.04. The molecule has 110 valence electrons. The molecule has 21 heavy (non-hydrogen) atoms. The molecule has 1 aliphatic heterocycles. The average Bonchev–Trinajstić information content (AvgIpc) is 2.96. The lowest BCUT2D eigenvalue weighted by Gasteiger charge is -2.09. The van der Waals surface area contributed by atoms with E-state index in [4.69, 9.17) is 10.00 Å².